The second-order valence-corrected chi connectivity index (χ2v) is 6.60. The van der Waals surface area contributed by atoms with Gasteiger partial charge < -0.3 is 9.47 Å². The molecule has 5 nitrogen and oxygen atoms in total. The van der Waals surface area contributed by atoms with Crippen LogP contribution in [0.2, 0.25) is 0 Å². The van der Waals surface area contributed by atoms with Gasteiger partial charge in [-0.15, -0.1) is 0 Å². The van der Waals surface area contributed by atoms with E-state index >= 15 is 0 Å². The standard InChI is InChI=1S/C18H15BrN2O3/c1-23-15-8-7-12-14-9-13(10-3-5-11(19)6-4-10)20-21(14)18(22)16(12)17(15)24-2/h3-8,14H,9H2,1-2H3/t14-/m0/s1. The molecule has 1 amide bonds. The highest BCUT2D eigenvalue weighted by Crippen LogP contribution is 2.47. The van der Waals surface area contributed by atoms with Crippen LogP contribution in [0.25, 0.3) is 0 Å². The molecule has 2 aliphatic heterocycles. The number of carbonyl (C=O) groups is 1. The molecule has 0 bridgehead atoms. The number of methoxy groups -OCH3 is 2. The summed E-state index contributed by atoms with van der Waals surface area (Å²) in [6.07, 6.45) is 0.690. The van der Waals surface area contributed by atoms with Gasteiger partial charge in [-0.3, -0.25) is 4.79 Å². The quantitative estimate of drug-likeness (QED) is 0.806. The number of benzene rings is 2. The van der Waals surface area contributed by atoms with E-state index in [9.17, 15) is 4.79 Å². The highest BCUT2D eigenvalue weighted by molar-refractivity contribution is 9.10. The lowest BCUT2D eigenvalue weighted by molar-refractivity contribution is 0.0753. The molecule has 2 aromatic rings. The van der Waals surface area contributed by atoms with E-state index in [-0.39, 0.29) is 11.9 Å². The summed E-state index contributed by atoms with van der Waals surface area (Å²) in [5.74, 6) is 0.899. The number of amides is 1. The predicted octanol–water partition coefficient (Wildman–Crippen LogP) is 3.77. The Balaban J connectivity index is 1.74. The van der Waals surface area contributed by atoms with E-state index in [0.29, 0.717) is 23.5 Å². The second kappa shape index (κ2) is 5.63. The summed E-state index contributed by atoms with van der Waals surface area (Å²) in [7, 11) is 3.11. The number of nitrogens with zero attached hydrogens (tertiary/aromatic N) is 2. The van der Waals surface area contributed by atoms with Crippen LogP contribution in [-0.4, -0.2) is 30.8 Å². The van der Waals surface area contributed by atoms with Crippen LogP contribution < -0.4 is 9.47 Å². The van der Waals surface area contributed by atoms with Crippen LogP contribution in [0.1, 0.15) is 33.9 Å². The number of ether oxygens (including phenoxy) is 2. The van der Waals surface area contributed by atoms with E-state index in [2.05, 4.69) is 21.0 Å². The van der Waals surface area contributed by atoms with Crippen LogP contribution in [0.5, 0.6) is 11.5 Å². The Morgan fingerprint density at radius 2 is 1.88 bits per heavy atom. The molecule has 0 aromatic heterocycles. The summed E-state index contributed by atoms with van der Waals surface area (Å²) in [6, 6.07) is 11.7. The van der Waals surface area contributed by atoms with Crippen molar-refractivity contribution in [2.24, 2.45) is 5.10 Å². The molecule has 0 radical (unpaired) electrons. The van der Waals surface area contributed by atoms with Gasteiger partial charge in [0.25, 0.3) is 5.91 Å². The number of halogens is 1. The van der Waals surface area contributed by atoms with Crippen molar-refractivity contribution in [3.05, 3.63) is 57.6 Å². The molecule has 0 saturated heterocycles. The fourth-order valence-electron chi connectivity index (χ4n) is 3.31. The van der Waals surface area contributed by atoms with Crippen LogP contribution in [0.3, 0.4) is 0 Å². The van der Waals surface area contributed by atoms with E-state index in [0.717, 1.165) is 21.3 Å². The summed E-state index contributed by atoms with van der Waals surface area (Å²) < 4.78 is 11.7. The molecule has 0 fully saturated rings. The Hall–Kier alpha value is -2.34. The first kappa shape index (κ1) is 15.2. The molecule has 0 spiro atoms. The lowest BCUT2D eigenvalue weighted by atomic mass is 9.97. The molecule has 6 heteroatoms. The van der Waals surface area contributed by atoms with Gasteiger partial charge in [0.1, 0.15) is 0 Å². The highest BCUT2D eigenvalue weighted by atomic mass is 79.9. The van der Waals surface area contributed by atoms with Crippen molar-refractivity contribution in [3.63, 3.8) is 0 Å². The van der Waals surface area contributed by atoms with E-state index in [1.807, 2.05) is 36.4 Å². The largest absolute Gasteiger partial charge is 0.493 e. The zero-order valence-electron chi connectivity index (χ0n) is 13.2. The van der Waals surface area contributed by atoms with Crippen LogP contribution in [-0.2, 0) is 0 Å². The van der Waals surface area contributed by atoms with Crippen molar-refractivity contribution in [1.29, 1.82) is 0 Å². The van der Waals surface area contributed by atoms with Crippen LogP contribution in [0.15, 0.2) is 46.0 Å². The summed E-state index contributed by atoms with van der Waals surface area (Å²) in [5, 5.41) is 6.12. The van der Waals surface area contributed by atoms with E-state index < -0.39 is 0 Å². The van der Waals surface area contributed by atoms with Gasteiger partial charge in [0.2, 0.25) is 0 Å². The molecular weight excluding hydrogens is 372 g/mol. The Kier molecular flexibility index (Phi) is 3.57. The molecule has 2 aromatic carbocycles. The summed E-state index contributed by atoms with van der Waals surface area (Å²) >= 11 is 3.43. The molecule has 0 unspecified atom stereocenters. The zero-order valence-corrected chi connectivity index (χ0v) is 14.8. The smallest absolute Gasteiger partial charge is 0.278 e. The first-order chi connectivity index (χ1) is 11.6. The minimum absolute atomic E-state index is 0.0778. The fourth-order valence-corrected chi connectivity index (χ4v) is 3.58. The molecule has 4 rings (SSSR count). The molecule has 2 heterocycles. The third-order valence-corrected chi connectivity index (χ3v) is 4.98. The van der Waals surface area contributed by atoms with Crippen molar-refractivity contribution in [3.8, 4) is 11.5 Å². The van der Waals surface area contributed by atoms with Crippen molar-refractivity contribution in [2.45, 2.75) is 12.5 Å². The van der Waals surface area contributed by atoms with Crippen molar-refractivity contribution in [1.82, 2.24) is 5.01 Å². The van der Waals surface area contributed by atoms with Gasteiger partial charge in [0, 0.05) is 10.9 Å². The van der Waals surface area contributed by atoms with Gasteiger partial charge in [-0.25, -0.2) is 5.01 Å². The zero-order chi connectivity index (χ0) is 16.8. The molecule has 1 atom stereocenters. The second-order valence-electron chi connectivity index (χ2n) is 5.69. The lowest BCUT2D eigenvalue weighted by Gasteiger charge is -2.12. The van der Waals surface area contributed by atoms with E-state index in [1.165, 1.54) is 0 Å². The Bertz CT molecular complexity index is 861. The SMILES string of the molecule is COc1ccc2c(c1OC)C(=O)N1N=C(c3ccc(Br)cc3)C[C@@H]21. The van der Waals surface area contributed by atoms with Gasteiger partial charge in [0.05, 0.1) is 31.5 Å². The molecule has 24 heavy (non-hydrogen) atoms. The van der Waals surface area contributed by atoms with Crippen molar-refractivity contribution >= 4 is 27.5 Å². The van der Waals surface area contributed by atoms with Crippen molar-refractivity contribution < 1.29 is 14.3 Å². The number of rotatable bonds is 3. The van der Waals surface area contributed by atoms with Crippen molar-refractivity contribution in [2.75, 3.05) is 14.2 Å². The number of carbonyl (C=O) groups excluding carboxylic acids is 1. The third-order valence-electron chi connectivity index (χ3n) is 4.45. The van der Waals surface area contributed by atoms with E-state index in [4.69, 9.17) is 9.47 Å². The monoisotopic (exact) mass is 386 g/mol. The fraction of sp³-hybridized carbons (Fsp3) is 0.222. The number of hydrogen-bond donors (Lipinski definition) is 0. The first-order valence-corrected chi connectivity index (χ1v) is 8.35. The minimum atomic E-state index is -0.141. The van der Waals surface area contributed by atoms with Crippen LogP contribution in [0.4, 0.5) is 0 Å². The Morgan fingerprint density at radius 1 is 1.12 bits per heavy atom. The number of fused-ring (bicyclic) bond motifs is 3. The molecule has 0 aliphatic carbocycles. The molecule has 0 N–H and O–H groups in total. The summed E-state index contributed by atoms with van der Waals surface area (Å²) in [4.78, 5) is 12.8. The maximum Gasteiger partial charge on any atom is 0.278 e. The normalized spacial score (nSPS) is 18.3. The lowest BCUT2D eigenvalue weighted by Crippen LogP contribution is -2.18. The van der Waals surface area contributed by atoms with E-state index in [1.54, 1.807) is 19.2 Å². The van der Waals surface area contributed by atoms with Crippen LogP contribution >= 0.6 is 15.9 Å². The molecule has 2 aliphatic rings. The molecule has 122 valence electrons. The minimum Gasteiger partial charge on any atom is -0.493 e. The maximum atomic E-state index is 12.8. The van der Waals surface area contributed by atoms with Gasteiger partial charge in [-0.1, -0.05) is 34.1 Å². The number of hydrogen-bond acceptors (Lipinski definition) is 4. The highest BCUT2D eigenvalue weighted by Gasteiger charge is 2.44. The summed E-state index contributed by atoms with van der Waals surface area (Å²) in [6.45, 7) is 0. The van der Waals surface area contributed by atoms with Gasteiger partial charge >= 0.3 is 0 Å². The van der Waals surface area contributed by atoms with Gasteiger partial charge in [0.15, 0.2) is 11.5 Å². The van der Waals surface area contributed by atoms with Gasteiger partial charge in [-0.2, -0.15) is 5.10 Å². The predicted molar refractivity (Wildman–Crippen MR) is 93.8 cm³/mol. The topological polar surface area (TPSA) is 51.1 Å². The van der Waals surface area contributed by atoms with Crippen LogP contribution in [0, 0.1) is 0 Å². The number of hydrazone groups is 1. The Labute approximate surface area is 148 Å². The maximum absolute atomic E-state index is 12.8. The third kappa shape index (κ3) is 2.13. The first-order valence-electron chi connectivity index (χ1n) is 7.56. The summed E-state index contributed by atoms with van der Waals surface area (Å²) in [5.41, 5.74) is 3.44. The Morgan fingerprint density at radius 3 is 2.54 bits per heavy atom. The van der Waals surface area contributed by atoms with Gasteiger partial charge in [-0.05, 0) is 29.3 Å². The molecule has 0 saturated carbocycles. The average Bonchev–Trinajstić information content (AvgIpc) is 3.14. The molecular formula is C18H15BrN2O3. The average molecular weight is 387 g/mol.